The molecule has 38 heavy (non-hydrogen) atoms. The number of imidazole rings is 1. The van der Waals surface area contributed by atoms with Gasteiger partial charge in [-0.1, -0.05) is 18.5 Å². The maximum Gasteiger partial charge on any atom is 0.417 e. The first kappa shape index (κ1) is 26.7. The molecule has 0 bridgehead atoms. The monoisotopic (exact) mass is 546 g/mol. The van der Waals surface area contributed by atoms with E-state index in [1.165, 1.54) is 23.6 Å². The lowest BCUT2D eigenvalue weighted by Crippen LogP contribution is -2.38. The Hall–Kier alpha value is -4.39. The van der Waals surface area contributed by atoms with Crippen molar-refractivity contribution in [1.82, 2.24) is 24.8 Å². The predicted molar refractivity (Wildman–Crippen MR) is 138 cm³/mol. The zero-order valence-corrected chi connectivity index (χ0v) is 20.9. The number of rotatable bonds is 6. The zero-order valence-electron chi connectivity index (χ0n) is 20.2. The molecule has 0 unspecified atom stereocenters. The van der Waals surface area contributed by atoms with Crippen molar-refractivity contribution in [3.63, 3.8) is 0 Å². The van der Waals surface area contributed by atoms with Crippen molar-refractivity contribution in [3.8, 4) is 5.69 Å². The number of amides is 4. The lowest BCUT2D eigenvalue weighted by atomic mass is 10.2. The molecule has 0 radical (unpaired) electrons. The summed E-state index contributed by atoms with van der Waals surface area (Å²) < 4.78 is 40.9. The molecular formula is C24H22ClF3N8O2. The van der Waals surface area contributed by atoms with Gasteiger partial charge in [-0.05, 0) is 48.9 Å². The maximum absolute atomic E-state index is 13.1. The molecule has 0 spiro atoms. The molecule has 10 nitrogen and oxygen atoms in total. The number of halogens is 4. The smallest absolute Gasteiger partial charge is 0.338 e. The molecule has 4 amide bonds. The Morgan fingerprint density at radius 3 is 2.39 bits per heavy atom. The number of carbonyl (C=O) groups excluding carboxylic acids is 2. The van der Waals surface area contributed by atoms with Crippen molar-refractivity contribution in [3.05, 3.63) is 65.7 Å². The normalized spacial score (nSPS) is 11.3. The molecule has 0 saturated carbocycles. The molecule has 2 aromatic carbocycles. The molecule has 0 fully saturated rings. The number of aromatic nitrogens is 4. The fourth-order valence-electron chi connectivity index (χ4n) is 3.52. The molecule has 198 valence electrons. The number of hydrogen-bond donors (Lipinski definition) is 3. The summed E-state index contributed by atoms with van der Waals surface area (Å²) in [4.78, 5) is 38.9. The van der Waals surface area contributed by atoms with Crippen LogP contribution in [0, 0.1) is 0 Å². The van der Waals surface area contributed by atoms with Gasteiger partial charge in [-0.25, -0.2) is 24.5 Å². The molecule has 0 aliphatic heterocycles. The second kappa shape index (κ2) is 10.9. The number of urea groups is 2. The van der Waals surface area contributed by atoms with Crippen LogP contribution in [0.1, 0.15) is 18.9 Å². The first-order chi connectivity index (χ1) is 18.1. The molecule has 0 saturated heterocycles. The summed E-state index contributed by atoms with van der Waals surface area (Å²) in [5.41, 5.74) is 0.825. The third-order valence-corrected chi connectivity index (χ3v) is 5.73. The second-order valence-corrected chi connectivity index (χ2v) is 8.50. The number of benzene rings is 2. The van der Waals surface area contributed by atoms with E-state index >= 15 is 0 Å². The minimum Gasteiger partial charge on any atom is -0.338 e. The Labute approximate surface area is 219 Å². The van der Waals surface area contributed by atoms with E-state index in [-0.39, 0.29) is 11.7 Å². The van der Waals surface area contributed by atoms with E-state index in [4.69, 9.17) is 11.6 Å². The van der Waals surface area contributed by atoms with Crippen LogP contribution in [-0.2, 0) is 6.18 Å². The first-order valence-electron chi connectivity index (χ1n) is 11.3. The number of fused-ring (bicyclic) bond motifs is 1. The summed E-state index contributed by atoms with van der Waals surface area (Å²) in [7, 11) is 1.59. The van der Waals surface area contributed by atoms with Crippen LogP contribution in [-0.4, -0.2) is 45.2 Å². The van der Waals surface area contributed by atoms with Crippen LogP contribution in [0.25, 0.3) is 16.9 Å². The topological polar surface area (TPSA) is 117 Å². The highest BCUT2D eigenvalue weighted by molar-refractivity contribution is 6.31. The number of anilines is 3. The van der Waals surface area contributed by atoms with E-state index in [0.29, 0.717) is 34.9 Å². The quantitative estimate of drug-likeness (QED) is 0.287. The summed E-state index contributed by atoms with van der Waals surface area (Å²) in [5.74, 6) is 0.341. The Morgan fingerprint density at radius 2 is 1.71 bits per heavy atom. The van der Waals surface area contributed by atoms with E-state index in [1.54, 1.807) is 35.9 Å². The first-order valence-corrected chi connectivity index (χ1v) is 11.7. The molecule has 0 atom stereocenters. The molecule has 4 aromatic rings. The van der Waals surface area contributed by atoms with Gasteiger partial charge in [0.1, 0.15) is 12.7 Å². The summed E-state index contributed by atoms with van der Waals surface area (Å²) in [5, 5.41) is 7.23. The average Bonchev–Trinajstić information content (AvgIpc) is 3.32. The summed E-state index contributed by atoms with van der Waals surface area (Å²) in [6.45, 7) is 2.48. The van der Waals surface area contributed by atoms with Crippen LogP contribution in [0.3, 0.4) is 0 Å². The number of hydrogen-bond acceptors (Lipinski definition) is 5. The Balaban J connectivity index is 1.48. The van der Waals surface area contributed by atoms with Crippen molar-refractivity contribution in [2.24, 2.45) is 0 Å². The Morgan fingerprint density at radius 1 is 1.03 bits per heavy atom. The van der Waals surface area contributed by atoms with Gasteiger partial charge < -0.3 is 16.0 Å². The highest BCUT2D eigenvalue weighted by Gasteiger charge is 2.33. The van der Waals surface area contributed by atoms with E-state index in [2.05, 4.69) is 30.9 Å². The van der Waals surface area contributed by atoms with Crippen molar-refractivity contribution in [2.75, 3.05) is 29.1 Å². The van der Waals surface area contributed by atoms with Crippen molar-refractivity contribution in [2.45, 2.75) is 19.5 Å². The highest BCUT2D eigenvalue weighted by atomic mass is 35.5. The predicted octanol–water partition coefficient (Wildman–Crippen LogP) is 5.69. The Bertz CT molecular complexity index is 1470. The SMILES string of the molecule is CCCNC(=O)N(C)c1ncnc2c1ncn2-c1ccc(NC(=O)Nc2ccc(Cl)c(C(F)(F)F)c2)cc1. The van der Waals surface area contributed by atoms with Crippen LogP contribution in [0.5, 0.6) is 0 Å². The Kier molecular flexibility index (Phi) is 7.67. The van der Waals surface area contributed by atoms with Crippen LogP contribution < -0.4 is 20.9 Å². The van der Waals surface area contributed by atoms with Gasteiger partial charge in [0.05, 0.1) is 10.6 Å². The number of alkyl halides is 3. The molecular weight excluding hydrogens is 525 g/mol. The largest absolute Gasteiger partial charge is 0.417 e. The summed E-state index contributed by atoms with van der Waals surface area (Å²) >= 11 is 5.61. The molecule has 14 heteroatoms. The molecule has 0 aliphatic rings. The van der Waals surface area contributed by atoms with Crippen LogP contribution in [0.4, 0.5) is 40.0 Å². The standard InChI is InChI=1S/C24H22ClF3N8O2/c1-3-10-29-23(38)35(2)20-19-21(31-12-30-20)36(13-32-19)16-7-4-14(5-8-16)33-22(37)34-15-6-9-18(25)17(11-15)24(26,27)28/h4-9,11-13H,3,10H2,1-2H3,(H,29,38)(H2,33,34,37). The van der Waals surface area contributed by atoms with Gasteiger partial charge in [0, 0.05) is 30.7 Å². The van der Waals surface area contributed by atoms with E-state index < -0.39 is 22.8 Å². The summed E-state index contributed by atoms with van der Waals surface area (Å²) in [6, 6.07) is 8.65. The lowest BCUT2D eigenvalue weighted by molar-refractivity contribution is -0.137. The van der Waals surface area contributed by atoms with Gasteiger partial charge in [-0.2, -0.15) is 13.2 Å². The minimum absolute atomic E-state index is 0.0652. The van der Waals surface area contributed by atoms with Crippen LogP contribution in [0.15, 0.2) is 55.1 Å². The lowest BCUT2D eigenvalue weighted by Gasteiger charge is -2.16. The van der Waals surface area contributed by atoms with Gasteiger partial charge in [-0.15, -0.1) is 0 Å². The fraction of sp³-hybridized carbons (Fsp3) is 0.208. The van der Waals surface area contributed by atoms with E-state index in [9.17, 15) is 22.8 Å². The van der Waals surface area contributed by atoms with Crippen molar-refractivity contribution >= 4 is 52.0 Å². The third-order valence-electron chi connectivity index (χ3n) is 5.40. The van der Waals surface area contributed by atoms with Crippen LogP contribution in [0.2, 0.25) is 5.02 Å². The zero-order chi connectivity index (χ0) is 27.4. The van der Waals surface area contributed by atoms with Gasteiger partial charge >= 0.3 is 18.2 Å². The minimum atomic E-state index is -4.65. The molecule has 3 N–H and O–H groups in total. The van der Waals surface area contributed by atoms with Crippen LogP contribution >= 0.6 is 11.6 Å². The van der Waals surface area contributed by atoms with Gasteiger partial charge in [0.2, 0.25) is 0 Å². The number of carbonyl (C=O) groups is 2. The molecule has 4 rings (SSSR count). The van der Waals surface area contributed by atoms with E-state index in [1.807, 2.05) is 6.92 Å². The molecule has 0 aliphatic carbocycles. The summed E-state index contributed by atoms with van der Waals surface area (Å²) in [6.07, 6.45) is -0.990. The van der Waals surface area contributed by atoms with Gasteiger partial charge in [0.15, 0.2) is 17.0 Å². The van der Waals surface area contributed by atoms with Gasteiger partial charge in [-0.3, -0.25) is 9.47 Å². The molecule has 2 heterocycles. The third kappa shape index (κ3) is 5.78. The highest BCUT2D eigenvalue weighted by Crippen LogP contribution is 2.36. The number of nitrogens with zero attached hydrogens (tertiary/aromatic N) is 5. The number of nitrogens with one attached hydrogen (secondary N) is 3. The van der Waals surface area contributed by atoms with Crippen molar-refractivity contribution in [1.29, 1.82) is 0 Å². The van der Waals surface area contributed by atoms with Gasteiger partial charge in [0.25, 0.3) is 0 Å². The average molecular weight is 547 g/mol. The van der Waals surface area contributed by atoms with Crippen molar-refractivity contribution < 1.29 is 22.8 Å². The maximum atomic E-state index is 13.1. The van der Waals surface area contributed by atoms with E-state index in [0.717, 1.165) is 18.6 Å². The second-order valence-electron chi connectivity index (χ2n) is 8.09. The molecule has 2 aromatic heterocycles. The fourth-order valence-corrected chi connectivity index (χ4v) is 3.75.